The molecule has 64 valence electrons. The number of rotatable bonds is 5. The van der Waals surface area contributed by atoms with E-state index in [0.717, 1.165) is 12.0 Å². The van der Waals surface area contributed by atoms with Gasteiger partial charge in [-0.05, 0) is 17.9 Å². The molecule has 0 aromatic rings. The Kier molecular flexibility index (Phi) is 5.53. The van der Waals surface area contributed by atoms with Crippen molar-refractivity contribution in [3.8, 4) is 0 Å². The average molecular weight is 154 g/mol. The van der Waals surface area contributed by atoms with Gasteiger partial charge in [-0.25, -0.2) is 0 Å². The van der Waals surface area contributed by atoms with Gasteiger partial charge in [0.1, 0.15) is 0 Å². The number of allylic oxidation sites excluding steroid dienone is 1. The molecule has 0 radical (unpaired) electrons. The van der Waals surface area contributed by atoms with Crippen molar-refractivity contribution in [2.75, 3.05) is 7.05 Å². The Morgan fingerprint density at radius 3 is 2.64 bits per heavy atom. The van der Waals surface area contributed by atoms with Crippen LogP contribution in [0.2, 0.25) is 0 Å². The zero-order chi connectivity index (χ0) is 8.69. The van der Waals surface area contributed by atoms with E-state index in [2.05, 4.69) is 19.2 Å². The number of nitrogens with one attached hydrogen (secondary N) is 2. The highest BCUT2D eigenvalue weighted by molar-refractivity contribution is 5.75. The highest BCUT2D eigenvalue weighted by Crippen LogP contribution is 2.11. The van der Waals surface area contributed by atoms with Crippen molar-refractivity contribution in [3.63, 3.8) is 0 Å². The molecule has 0 bridgehead atoms. The topological polar surface area (TPSA) is 35.9 Å². The summed E-state index contributed by atoms with van der Waals surface area (Å²) in [4.78, 5) is 0. The lowest BCUT2D eigenvalue weighted by Crippen LogP contribution is -2.01. The third kappa shape index (κ3) is 4.59. The van der Waals surface area contributed by atoms with Gasteiger partial charge in [-0.3, -0.25) is 0 Å². The average Bonchev–Trinajstić information content (AvgIpc) is 2.03. The van der Waals surface area contributed by atoms with Crippen LogP contribution >= 0.6 is 0 Å². The molecular formula is C9H18N2. The molecule has 0 aromatic carbocycles. The van der Waals surface area contributed by atoms with Gasteiger partial charge in [-0.15, -0.1) is 0 Å². The summed E-state index contributed by atoms with van der Waals surface area (Å²) in [5.74, 6) is 0.677. The maximum absolute atomic E-state index is 7.10. The van der Waals surface area contributed by atoms with Crippen LogP contribution in [0, 0.1) is 11.3 Å². The summed E-state index contributed by atoms with van der Waals surface area (Å²) >= 11 is 0. The summed E-state index contributed by atoms with van der Waals surface area (Å²) in [6, 6.07) is 0. The van der Waals surface area contributed by atoms with Crippen molar-refractivity contribution in [1.82, 2.24) is 5.32 Å². The summed E-state index contributed by atoms with van der Waals surface area (Å²) < 4.78 is 0. The summed E-state index contributed by atoms with van der Waals surface area (Å²) in [6.07, 6.45) is 5.48. The van der Waals surface area contributed by atoms with E-state index in [1.165, 1.54) is 12.6 Å². The standard InChI is InChI=1S/C9H18N2/c1-4-8(2)5-9(6-10)7-11-3/h6-8,10-11H,4-5H2,1-3H3/b9-7-,10-6?. The zero-order valence-electron chi connectivity index (χ0n) is 7.65. The molecule has 2 N–H and O–H groups in total. The lowest BCUT2D eigenvalue weighted by Gasteiger charge is -2.07. The molecule has 0 aliphatic carbocycles. The molecule has 1 atom stereocenters. The van der Waals surface area contributed by atoms with Gasteiger partial charge in [0.25, 0.3) is 0 Å². The van der Waals surface area contributed by atoms with Gasteiger partial charge in [0.15, 0.2) is 0 Å². The molecular weight excluding hydrogens is 136 g/mol. The molecule has 0 saturated heterocycles. The van der Waals surface area contributed by atoms with Gasteiger partial charge >= 0.3 is 0 Å². The van der Waals surface area contributed by atoms with Crippen molar-refractivity contribution in [3.05, 3.63) is 11.8 Å². The van der Waals surface area contributed by atoms with Crippen LogP contribution in [-0.4, -0.2) is 13.3 Å². The van der Waals surface area contributed by atoms with Crippen molar-refractivity contribution < 1.29 is 0 Å². The fraction of sp³-hybridized carbons (Fsp3) is 0.667. The van der Waals surface area contributed by atoms with E-state index < -0.39 is 0 Å². The van der Waals surface area contributed by atoms with Crippen LogP contribution in [0.15, 0.2) is 11.8 Å². The molecule has 0 aliphatic rings. The largest absolute Gasteiger partial charge is 0.394 e. The molecule has 0 aliphatic heterocycles. The van der Waals surface area contributed by atoms with Crippen LogP contribution in [0.1, 0.15) is 26.7 Å². The first-order valence-corrected chi connectivity index (χ1v) is 4.11. The summed E-state index contributed by atoms with van der Waals surface area (Å²) in [7, 11) is 1.86. The molecule has 0 amide bonds. The predicted octanol–water partition coefficient (Wildman–Crippen LogP) is 2.18. The van der Waals surface area contributed by atoms with Gasteiger partial charge in [0.05, 0.1) is 0 Å². The van der Waals surface area contributed by atoms with Crippen LogP contribution in [-0.2, 0) is 0 Å². The minimum Gasteiger partial charge on any atom is -0.394 e. The molecule has 0 heterocycles. The van der Waals surface area contributed by atoms with Crippen molar-refractivity contribution in [2.24, 2.45) is 5.92 Å². The molecule has 2 nitrogen and oxygen atoms in total. The van der Waals surface area contributed by atoms with Crippen molar-refractivity contribution in [2.45, 2.75) is 26.7 Å². The molecule has 1 unspecified atom stereocenters. The van der Waals surface area contributed by atoms with E-state index in [-0.39, 0.29) is 0 Å². The normalized spacial score (nSPS) is 14.3. The second-order valence-corrected chi connectivity index (χ2v) is 2.87. The molecule has 0 fully saturated rings. The summed E-state index contributed by atoms with van der Waals surface area (Å²) in [6.45, 7) is 4.37. The fourth-order valence-corrected chi connectivity index (χ4v) is 0.892. The first kappa shape index (κ1) is 10.2. The quantitative estimate of drug-likeness (QED) is 0.585. The highest BCUT2D eigenvalue weighted by Gasteiger charge is 2.00. The predicted molar refractivity (Wildman–Crippen MR) is 50.0 cm³/mol. The van der Waals surface area contributed by atoms with E-state index in [9.17, 15) is 0 Å². The van der Waals surface area contributed by atoms with Gasteiger partial charge in [-0.2, -0.15) is 0 Å². The molecule has 11 heavy (non-hydrogen) atoms. The molecule has 0 saturated carbocycles. The third-order valence-electron chi connectivity index (χ3n) is 1.80. The maximum Gasteiger partial charge on any atom is 0.0224 e. The lowest BCUT2D eigenvalue weighted by molar-refractivity contribution is 0.564. The number of hydrogen-bond donors (Lipinski definition) is 2. The van der Waals surface area contributed by atoms with Gasteiger partial charge in [-0.1, -0.05) is 20.3 Å². The smallest absolute Gasteiger partial charge is 0.0224 e. The fourth-order valence-electron chi connectivity index (χ4n) is 0.892. The van der Waals surface area contributed by atoms with Gasteiger partial charge in [0, 0.05) is 19.5 Å². The van der Waals surface area contributed by atoms with E-state index in [4.69, 9.17) is 5.41 Å². The minimum absolute atomic E-state index is 0.677. The Balaban J connectivity index is 3.87. The van der Waals surface area contributed by atoms with E-state index in [1.807, 2.05) is 13.2 Å². The Bertz CT molecular complexity index is 138. The Morgan fingerprint density at radius 2 is 2.27 bits per heavy atom. The molecule has 0 aromatic heterocycles. The highest BCUT2D eigenvalue weighted by atomic mass is 14.8. The van der Waals surface area contributed by atoms with E-state index in [0.29, 0.717) is 5.92 Å². The van der Waals surface area contributed by atoms with Crippen LogP contribution in [0.25, 0.3) is 0 Å². The lowest BCUT2D eigenvalue weighted by atomic mass is 10.0. The molecule has 0 rings (SSSR count). The Morgan fingerprint density at radius 1 is 1.64 bits per heavy atom. The zero-order valence-corrected chi connectivity index (χ0v) is 7.65. The van der Waals surface area contributed by atoms with Crippen molar-refractivity contribution in [1.29, 1.82) is 5.41 Å². The second-order valence-electron chi connectivity index (χ2n) is 2.87. The van der Waals surface area contributed by atoms with E-state index in [1.54, 1.807) is 0 Å². The molecule has 0 spiro atoms. The van der Waals surface area contributed by atoms with Crippen LogP contribution in [0.3, 0.4) is 0 Å². The Hall–Kier alpha value is -0.790. The molecule has 2 heteroatoms. The van der Waals surface area contributed by atoms with Crippen LogP contribution < -0.4 is 5.32 Å². The monoisotopic (exact) mass is 154 g/mol. The van der Waals surface area contributed by atoms with Gasteiger partial charge in [0.2, 0.25) is 0 Å². The number of hydrogen-bond acceptors (Lipinski definition) is 2. The first-order valence-electron chi connectivity index (χ1n) is 4.11. The van der Waals surface area contributed by atoms with Crippen LogP contribution in [0.4, 0.5) is 0 Å². The second kappa shape index (κ2) is 5.96. The van der Waals surface area contributed by atoms with Crippen LogP contribution in [0.5, 0.6) is 0 Å². The van der Waals surface area contributed by atoms with Gasteiger partial charge < -0.3 is 10.7 Å². The first-order chi connectivity index (χ1) is 5.24. The summed E-state index contributed by atoms with van der Waals surface area (Å²) in [5, 5.41) is 10.0. The van der Waals surface area contributed by atoms with E-state index >= 15 is 0 Å². The maximum atomic E-state index is 7.10. The Labute approximate surface area is 69.2 Å². The van der Waals surface area contributed by atoms with Crippen molar-refractivity contribution >= 4 is 6.21 Å². The SMILES string of the molecule is CCC(C)C/C(C=N)=C/NC. The third-order valence-corrected chi connectivity index (χ3v) is 1.80. The summed E-state index contributed by atoms with van der Waals surface area (Å²) in [5.41, 5.74) is 1.07. The minimum atomic E-state index is 0.677.